The van der Waals surface area contributed by atoms with E-state index in [9.17, 15) is 9.59 Å². The summed E-state index contributed by atoms with van der Waals surface area (Å²) >= 11 is 0.867. The fourth-order valence-electron chi connectivity index (χ4n) is 1.08. The Kier molecular flexibility index (Phi) is 4.37. The number of carbonyl (C=O) groups is 2. The average molecular weight is 224 g/mol. The molecule has 1 aromatic carbocycles. The summed E-state index contributed by atoms with van der Waals surface area (Å²) in [7, 11) is 0. The molecule has 1 N–H and O–H groups in total. The Bertz CT molecular complexity index is 348. The number of hydrogen-bond acceptors (Lipinski definition) is 3. The minimum atomic E-state index is -0.938. The zero-order chi connectivity index (χ0) is 11.3. The van der Waals surface area contributed by atoms with Crippen LogP contribution in [0.5, 0.6) is 0 Å². The van der Waals surface area contributed by atoms with Crippen molar-refractivity contribution in [2.75, 3.05) is 0 Å². The Morgan fingerprint density at radius 1 is 1.33 bits per heavy atom. The average Bonchev–Trinajstić information content (AvgIpc) is 2.26. The number of thioether (sulfide) groups is 1. The minimum Gasteiger partial charge on any atom is -0.480 e. The van der Waals surface area contributed by atoms with Crippen molar-refractivity contribution < 1.29 is 14.7 Å². The van der Waals surface area contributed by atoms with Crippen LogP contribution in [0.25, 0.3) is 0 Å². The second-order valence-electron chi connectivity index (χ2n) is 3.01. The zero-order valence-electron chi connectivity index (χ0n) is 8.34. The third-order valence-corrected chi connectivity index (χ3v) is 3.17. The molecule has 1 atom stereocenters. The van der Waals surface area contributed by atoms with Crippen LogP contribution in [0.15, 0.2) is 30.3 Å². The van der Waals surface area contributed by atoms with Crippen molar-refractivity contribution >= 4 is 22.8 Å². The van der Waals surface area contributed by atoms with Gasteiger partial charge in [0.05, 0.1) is 0 Å². The van der Waals surface area contributed by atoms with Crippen LogP contribution in [0.1, 0.15) is 23.7 Å². The molecule has 3 nitrogen and oxygen atoms in total. The molecule has 0 saturated carbocycles. The highest BCUT2D eigenvalue weighted by Crippen LogP contribution is 2.20. The van der Waals surface area contributed by atoms with Crippen LogP contribution < -0.4 is 0 Å². The second kappa shape index (κ2) is 5.56. The fraction of sp³-hybridized carbons (Fsp3) is 0.273. The van der Waals surface area contributed by atoms with E-state index in [4.69, 9.17) is 5.11 Å². The van der Waals surface area contributed by atoms with Crippen molar-refractivity contribution in [3.05, 3.63) is 35.9 Å². The van der Waals surface area contributed by atoms with E-state index in [1.165, 1.54) is 0 Å². The Morgan fingerprint density at radius 2 is 1.93 bits per heavy atom. The Balaban J connectivity index is 2.67. The highest BCUT2D eigenvalue weighted by Gasteiger charge is 2.20. The number of aliphatic carboxylic acids is 1. The maximum Gasteiger partial charge on any atom is 0.317 e. The highest BCUT2D eigenvalue weighted by molar-refractivity contribution is 8.15. The summed E-state index contributed by atoms with van der Waals surface area (Å²) in [5, 5.41) is 7.95. The third kappa shape index (κ3) is 3.40. The largest absolute Gasteiger partial charge is 0.480 e. The van der Waals surface area contributed by atoms with Gasteiger partial charge in [0.15, 0.2) is 0 Å². The molecule has 0 unspecified atom stereocenters. The van der Waals surface area contributed by atoms with E-state index >= 15 is 0 Å². The van der Waals surface area contributed by atoms with Crippen molar-refractivity contribution in [3.8, 4) is 0 Å². The first kappa shape index (κ1) is 11.8. The van der Waals surface area contributed by atoms with Crippen molar-refractivity contribution in [2.24, 2.45) is 0 Å². The third-order valence-electron chi connectivity index (χ3n) is 1.91. The van der Waals surface area contributed by atoms with E-state index in [-0.39, 0.29) is 5.12 Å². The van der Waals surface area contributed by atoms with Gasteiger partial charge in [0.2, 0.25) is 5.12 Å². The molecule has 80 valence electrons. The topological polar surface area (TPSA) is 54.4 Å². The van der Waals surface area contributed by atoms with Crippen LogP contribution in [-0.4, -0.2) is 21.4 Å². The SMILES string of the molecule is CC[C@H](SC(=O)c1ccccc1)C(=O)O. The molecule has 0 saturated heterocycles. The molecule has 15 heavy (non-hydrogen) atoms. The maximum atomic E-state index is 11.6. The van der Waals surface area contributed by atoms with Crippen LogP contribution in [0.4, 0.5) is 0 Å². The lowest BCUT2D eigenvalue weighted by Crippen LogP contribution is -2.17. The molecule has 0 spiro atoms. The summed E-state index contributed by atoms with van der Waals surface area (Å²) in [6, 6.07) is 8.70. The highest BCUT2D eigenvalue weighted by atomic mass is 32.2. The number of benzene rings is 1. The molecular formula is C11H12O3S. The second-order valence-corrected chi connectivity index (χ2v) is 4.18. The molecule has 0 fully saturated rings. The van der Waals surface area contributed by atoms with Crippen molar-refractivity contribution in [1.82, 2.24) is 0 Å². The maximum absolute atomic E-state index is 11.6. The molecule has 0 aliphatic rings. The lowest BCUT2D eigenvalue weighted by molar-refractivity contribution is -0.136. The first-order valence-corrected chi connectivity index (χ1v) is 5.52. The van der Waals surface area contributed by atoms with Gasteiger partial charge in [0.1, 0.15) is 5.25 Å². The predicted molar refractivity (Wildman–Crippen MR) is 60.1 cm³/mol. The Hall–Kier alpha value is -1.29. The fourth-order valence-corrected chi connectivity index (χ4v) is 1.88. The van der Waals surface area contributed by atoms with Gasteiger partial charge in [0.25, 0.3) is 0 Å². The van der Waals surface area contributed by atoms with E-state index in [0.29, 0.717) is 12.0 Å². The smallest absolute Gasteiger partial charge is 0.317 e. The van der Waals surface area contributed by atoms with Gasteiger partial charge in [-0.25, -0.2) is 0 Å². The van der Waals surface area contributed by atoms with Crippen molar-refractivity contribution in [3.63, 3.8) is 0 Å². The van der Waals surface area contributed by atoms with Crippen molar-refractivity contribution in [1.29, 1.82) is 0 Å². The molecule has 0 bridgehead atoms. The first-order chi connectivity index (χ1) is 7.15. The van der Waals surface area contributed by atoms with Crippen LogP contribution in [-0.2, 0) is 4.79 Å². The quantitative estimate of drug-likeness (QED) is 0.853. The number of carboxylic acid groups (broad SMARTS) is 1. The monoisotopic (exact) mass is 224 g/mol. The molecule has 0 amide bonds. The van der Waals surface area contributed by atoms with Gasteiger partial charge < -0.3 is 5.11 Å². The van der Waals surface area contributed by atoms with Gasteiger partial charge in [0, 0.05) is 5.56 Å². The molecule has 4 heteroatoms. The molecular weight excluding hydrogens is 212 g/mol. The first-order valence-electron chi connectivity index (χ1n) is 4.64. The van der Waals surface area contributed by atoms with Crippen LogP contribution in [0, 0.1) is 0 Å². The molecule has 0 radical (unpaired) electrons. The van der Waals surface area contributed by atoms with Gasteiger partial charge in [-0.15, -0.1) is 0 Å². The molecule has 1 rings (SSSR count). The predicted octanol–water partition coefficient (Wildman–Crippen LogP) is 2.42. The number of hydrogen-bond donors (Lipinski definition) is 1. The molecule has 0 aromatic heterocycles. The summed E-state index contributed by atoms with van der Waals surface area (Å²) in [5.74, 6) is -0.938. The molecule has 0 aliphatic heterocycles. The van der Waals surface area contributed by atoms with Gasteiger partial charge in [-0.2, -0.15) is 0 Å². The van der Waals surface area contributed by atoms with Crippen LogP contribution in [0.3, 0.4) is 0 Å². The number of rotatable bonds is 4. The van der Waals surface area contributed by atoms with Gasteiger partial charge in [-0.1, -0.05) is 49.0 Å². The van der Waals surface area contributed by atoms with E-state index in [0.717, 1.165) is 11.8 Å². The zero-order valence-corrected chi connectivity index (χ0v) is 9.16. The van der Waals surface area contributed by atoms with E-state index in [1.807, 2.05) is 6.07 Å². The Labute approximate surface area is 92.5 Å². The lowest BCUT2D eigenvalue weighted by atomic mass is 10.2. The van der Waals surface area contributed by atoms with E-state index < -0.39 is 11.2 Å². The van der Waals surface area contributed by atoms with Gasteiger partial charge >= 0.3 is 5.97 Å². The normalized spacial score (nSPS) is 12.1. The van der Waals surface area contributed by atoms with E-state index in [2.05, 4.69) is 0 Å². The summed E-state index contributed by atoms with van der Waals surface area (Å²) in [6.45, 7) is 1.75. The standard InChI is InChI=1S/C11H12O3S/c1-2-9(10(12)13)15-11(14)8-6-4-3-5-7-8/h3-7,9H,2H2,1H3,(H,12,13)/t9-/m0/s1. The van der Waals surface area contributed by atoms with Crippen LogP contribution >= 0.6 is 11.8 Å². The van der Waals surface area contributed by atoms with Gasteiger partial charge in [-0.05, 0) is 6.42 Å². The summed E-state index contributed by atoms with van der Waals surface area (Å²) < 4.78 is 0. The summed E-state index contributed by atoms with van der Waals surface area (Å²) in [6.07, 6.45) is 0.443. The number of carboxylic acids is 1. The summed E-state index contributed by atoms with van der Waals surface area (Å²) in [4.78, 5) is 22.3. The summed E-state index contributed by atoms with van der Waals surface area (Å²) in [5.41, 5.74) is 0.544. The lowest BCUT2D eigenvalue weighted by Gasteiger charge is -2.07. The minimum absolute atomic E-state index is 0.190. The van der Waals surface area contributed by atoms with E-state index in [1.54, 1.807) is 31.2 Å². The van der Waals surface area contributed by atoms with Crippen molar-refractivity contribution in [2.45, 2.75) is 18.6 Å². The molecule has 0 aliphatic carbocycles. The Morgan fingerprint density at radius 3 is 2.40 bits per heavy atom. The molecule has 1 aromatic rings. The number of carbonyl (C=O) groups excluding carboxylic acids is 1. The van der Waals surface area contributed by atoms with Crippen LogP contribution in [0.2, 0.25) is 0 Å². The molecule has 0 heterocycles. The van der Waals surface area contributed by atoms with Gasteiger partial charge in [-0.3, -0.25) is 9.59 Å².